The number of β-amino-alcohol motifs (C(OH)–C–C–N with tert-alkyl or cyclic N) is 1. The Balaban J connectivity index is 1.35. The predicted octanol–water partition coefficient (Wildman–Crippen LogP) is 1.03. The minimum absolute atomic E-state index is 0.0599. The van der Waals surface area contributed by atoms with Gasteiger partial charge in [0, 0.05) is 25.8 Å². The molecule has 5 rings (SSSR count). The van der Waals surface area contributed by atoms with Crippen LogP contribution in [0.2, 0.25) is 0 Å². The second kappa shape index (κ2) is 3.94. The maximum absolute atomic E-state index is 9.29. The first-order valence-electron chi connectivity index (χ1n) is 7.41. The smallest absolute Gasteiger partial charge is 0.0794 e. The monoisotopic (exact) mass is 236 g/mol. The Bertz CT molecular complexity index is 273. The molecule has 0 aromatic heterocycles. The lowest BCUT2D eigenvalue weighted by Gasteiger charge is -2.55. The van der Waals surface area contributed by atoms with Crippen LogP contribution < -0.4 is 5.32 Å². The van der Waals surface area contributed by atoms with Crippen molar-refractivity contribution in [1.29, 1.82) is 0 Å². The van der Waals surface area contributed by atoms with Crippen molar-refractivity contribution in [3.8, 4) is 0 Å². The van der Waals surface area contributed by atoms with Gasteiger partial charge >= 0.3 is 0 Å². The summed E-state index contributed by atoms with van der Waals surface area (Å²) < 4.78 is 0. The third-order valence-corrected chi connectivity index (χ3v) is 5.72. The minimum atomic E-state index is -0.0599. The van der Waals surface area contributed by atoms with Gasteiger partial charge in [0.2, 0.25) is 0 Å². The molecule has 5 aliphatic rings. The highest BCUT2D eigenvalue weighted by Gasteiger charge is 2.48. The van der Waals surface area contributed by atoms with E-state index in [1.54, 1.807) is 0 Å². The third-order valence-electron chi connectivity index (χ3n) is 5.72. The zero-order chi connectivity index (χ0) is 11.4. The van der Waals surface area contributed by atoms with Gasteiger partial charge in [0.25, 0.3) is 0 Å². The highest BCUT2D eigenvalue weighted by Crippen LogP contribution is 2.53. The Morgan fingerprint density at radius 2 is 1.53 bits per heavy atom. The summed E-state index contributed by atoms with van der Waals surface area (Å²) in [5.41, 5.74) is 0. The first-order valence-corrected chi connectivity index (χ1v) is 7.41. The van der Waals surface area contributed by atoms with E-state index >= 15 is 0 Å². The molecule has 1 aliphatic heterocycles. The van der Waals surface area contributed by atoms with E-state index in [0.29, 0.717) is 0 Å². The Labute approximate surface area is 104 Å². The van der Waals surface area contributed by atoms with Gasteiger partial charge in [-0.05, 0) is 55.8 Å². The average Bonchev–Trinajstić information content (AvgIpc) is 2.24. The maximum atomic E-state index is 9.29. The molecule has 0 amide bonds. The van der Waals surface area contributed by atoms with Gasteiger partial charge in [-0.15, -0.1) is 0 Å². The van der Waals surface area contributed by atoms with Crippen LogP contribution in [0.5, 0.6) is 0 Å². The largest absolute Gasteiger partial charge is 0.390 e. The number of likely N-dealkylation sites (tertiary alicyclic amines) is 1. The molecule has 0 aromatic rings. The number of nitrogens with one attached hydrogen (secondary N) is 1. The van der Waals surface area contributed by atoms with Gasteiger partial charge in [0.05, 0.1) is 6.10 Å². The van der Waals surface area contributed by atoms with E-state index in [-0.39, 0.29) is 6.10 Å². The Morgan fingerprint density at radius 3 is 2.06 bits per heavy atom. The fraction of sp³-hybridized carbons (Fsp3) is 1.00. The molecule has 5 fully saturated rings. The van der Waals surface area contributed by atoms with Gasteiger partial charge < -0.3 is 10.4 Å². The van der Waals surface area contributed by atoms with E-state index in [0.717, 1.165) is 49.5 Å². The van der Waals surface area contributed by atoms with Gasteiger partial charge in [-0.25, -0.2) is 0 Å². The molecule has 1 saturated heterocycles. The quantitative estimate of drug-likeness (QED) is 0.768. The van der Waals surface area contributed by atoms with Crippen LogP contribution in [0.25, 0.3) is 0 Å². The lowest BCUT2D eigenvalue weighted by atomic mass is 9.54. The molecule has 0 spiro atoms. The second-order valence-electron chi connectivity index (χ2n) is 7.01. The Kier molecular flexibility index (Phi) is 2.50. The summed E-state index contributed by atoms with van der Waals surface area (Å²) in [7, 11) is 0. The summed E-state index contributed by atoms with van der Waals surface area (Å²) in [6.45, 7) is 2.75. The van der Waals surface area contributed by atoms with Crippen LogP contribution in [-0.4, -0.2) is 41.9 Å². The number of aliphatic hydroxyl groups excluding tert-OH is 1. The number of aliphatic hydroxyl groups is 1. The zero-order valence-corrected chi connectivity index (χ0v) is 10.5. The third kappa shape index (κ3) is 1.83. The van der Waals surface area contributed by atoms with Crippen molar-refractivity contribution in [3.05, 3.63) is 0 Å². The summed E-state index contributed by atoms with van der Waals surface area (Å²) in [6.07, 6.45) is 7.45. The van der Waals surface area contributed by atoms with E-state index in [1.807, 2.05) is 0 Å². The average molecular weight is 236 g/mol. The summed E-state index contributed by atoms with van der Waals surface area (Å²) in [5.74, 6) is 4.08. The van der Waals surface area contributed by atoms with Crippen LogP contribution >= 0.6 is 0 Å². The van der Waals surface area contributed by atoms with Crippen molar-refractivity contribution in [1.82, 2.24) is 10.2 Å². The molecule has 17 heavy (non-hydrogen) atoms. The van der Waals surface area contributed by atoms with Crippen LogP contribution in [0.3, 0.4) is 0 Å². The van der Waals surface area contributed by atoms with E-state index in [4.69, 9.17) is 0 Å². The van der Waals surface area contributed by atoms with Crippen molar-refractivity contribution in [3.63, 3.8) is 0 Å². The van der Waals surface area contributed by atoms with Crippen molar-refractivity contribution < 1.29 is 5.11 Å². The summed E-state index contributed by atoms with van der Waals surface area (Å²) in [4.78, 5) is 2.33. The molecule has 4 bridgehead atoms. The van der Waals surface area contributed by atoms with E-state index in [2.05, 4.69) is 10.2 Å². The van der Waals surface area contributed by atoms with Crippen LogP contribution in [-0.2, 0) is 0 Å². The minimum Gasteiger partial charge on any atom is -0.390 e. The normalized spacial score (nSPS) is 49.6. The second-order valence-corrected chi connectivity index (χ2v) is 7.01. The molecule has 96 valence electrons. The fourth-order valence-electron chi connectivity index (χ4n) is 5.16. The van der Waals surface area contributed by atoms with Crippen molar-refractivity contribution >= 4 is 0 Å². The molecule has 0 radical (unpaired) electrons. The number of hydrogen-bond donors (Lipinski definition) is 2. The molecule has 0 unspecified atom stereocenters. The zero-order valence-electron chi connectivity index (χ0n) is 10.5. The van der Waals surface area contributed by atoms with Crippen molar-refractivity contribution in [2.45, 2.75) is 44.2 Å². The number of hydrogen-bond acceptors (Lipinski definition) is 3. The molecule has 3 heteroatoms. The van der Waals surface area contributed by atoms with Crippen LogP contribution in [0.15, 0.2) is 0 Å². The summed E-state index contributed by atoms with van der Waals surface area (Å²) in [5, 5.41) is 13.1. The van der Waals surface area contributed by atoms with Gasteiger partial charge in [-0.2, -0.15) is 0 Å². The van der Waals surface area contributed by atoms with Gasteiger partial charge in [0.1, 0.15) is 0 Å². The van der Waals surface area contributed by atoms with Crippen molar-refractivity contribution in [2.75, 3.05) is 19.8 Å². The summed E-state index contributed by atoms with van der Waals surface area (Å²) in [6, 6.07) is 0.792. The van der Waals surface area contributed by atoms with E-state index in [1.165, 1.54) is 32.1 Å². The molecule has 2 N–H and O–H groups in total. The molecular formula is C14H24N2O. The molecular weight excluding hydrogens is 212 g/mol. The highest BCUT2D eigenvalue weighted by molar-refractivity contribution is 5.01. The van der Waals surface area contributed by atoms with E-state index < -0.39 is 0 Å². The first kappa shape index (κ1) is 10.8. The van der Waals surface area contributed by atoms with E-state index in [9.17, 15) is 5.11 Å². The number of nitrogens with zero attached hydrogens (tertiary/aromatic N) is 1. The molecule has 0 aromatic carbocycles. The van der Waals surface area contributed by atoms with Crippen LogP contribution in [0.1, 0.15) is 32.1 Å². The van der Waals surface area contributed by atoms with Crippen molar-refractivity contribution in [2.24, 2.45) is 23.7 Å². The predicted molar refractivity (Wildman–Crippen MR) is 66.4 cm³/mol. The maximum Gasteiger partial charge on any atom is 0.0794 e. The number of rotatable bonds is 3. The first-order chi connectivity index (χ1) is 8.28. The highest BCUT2D eigenvalue weighted by atomic mass is 16.3. The molecule has 1 heterocycles. The van der Waals surface area contributed by atoms with Gasteiger partial charge in [-0.1, -0.05) is 0 Å². The molecule has 3 nitrogen and oxygen atoms in total. The summed E-state index contributed by atoms with van der Waals surface area (Å²) >= 11 is 0. The van der Waals surface area contributed by atoms with Crippen LogP contribution in [0.4, 0.5) is 0 Å². The SMILES string of the molecule is OC1CN(CNC2C3CC4CC(C3)CC2C4)C1. The lowest BCUT2D eigenvalue weighted by molar-refractivity contribution is -0.0382. The molecule has 0 atom stereocenters. The van der Waals surface area contributed by atoms with Gasteiger partial charge in [-0.3, -0.25) is 4.90 Å². The Hall–Kier alpha value is -0.120. The molecule has 4 saturated carbocycles. The Morgan fingerprint density at radius 1 is 0.941 bits per heavy atom. The fourth-order valence-corrected chi connectivity index (χ4v) is 5.16. The van der Waals surface area contributed by atoms with Gasteiger partial charge in [0.15, 0.2) is 0 Å². The lowest BCUT2D eigenvalue weighted by Crippen LogP contribution is -2.60. The standard InChI is InChI=1S/C14H24N2O/c17-13-6-16(7-13)8-15-14-11-2-9-1-10(4-11)5-12(14)3-9/h9-15,17H,1-8H2. The molecule has 4 aliphatic carbocycles. The van der Waals surface area contributed by atoms with Crippen LogP contribution in [0, 0.1) is 23.7 Å². The topological polar surface area (TPSA) is 35.5 Å².